The molecule has 90 valence electrons. The first kappa shape index (κ1) is 13.2. The van der Waals surface area contributed by atoms with Crippen LogP contribution in [-0.2, 0) is 0 Å². The Morgan fingerprint density at radius 1 is 1.44 bits per heavy atom. The van der Waals surface area contributed by atoms with Gasteiger partial charge in [0.2, 0.25) is 0 Å². The molecule has 0 saturated carbocycles. The molecule has 0 spiro atoms. The molecule has 1 atom stereocenters. The Labute approximate surface area is 99.6 Å². The van der Waals surface area contributed by atoms with Gasteiger partial charge < -0.3 is 5.11 Å². The van der Waals surface area contributed by atoms with Crippen molar-refractivity contribution in [2.45, 2.75) is 46.5 Å². The zero-order chi connectivity index (χ0) is 12.0. The Balaban J connectivity index is 2.45. The van der Waals surface area contributed by atoms with Crippen molar-refractivity contribution in [2.24, 2.45) is 5.92 Å². The van der Waals surface area contributed by atoms with Crippen molar-refractivity contribution in [1.29, 1.82) is 0 Å². The molecule has 0 fully saturated rings. The number of aliphatic hydroxyl groups is 1. The lowest BCUT2D eigenvalue weighted by Gasteiger charge is -2.21. The maximum atomic E-state index is 8.88. The lowest BCUT2D eigenvalue weighted by molar-refractivity contribution is 0.331. The van der Waals surface area contributed by atoms with Gasteiger partial charge in [-0.15, -0.1) is 0 Å². The summed E-state index contributed by atoms with van der Waals surface area (Å²) in [7, 11) is 0. The highest BCUT2D eigenvalue weighted by Gasteiger charge is 2.13. The topological polar surface area (TPSA) is 20.2 Å². The summed E-state index contributed by atoms with van der Waals surface area (Å²) in [5, 5.41) is 8.88. The smallest absolute Gasteiger partial charge is 0.0639 e. The number of allylic oxidation sites excluding steroid dienone is 5. The van der Waals surface area contributed by atoms with E-state index in [9.17, 15) is 0 Å². The van der Waals surface area contributed by atoms with Crippen LogP contribution in [-0.4, -0.2) is 11.7 Å². The third-order valence-corrected chi connectivity index (χ3v) is 3.44. The second-order valence-electron chi connectivity index (χ2n) is 4.91. The van der Waals surface area contributed by atoms with Crippen LogP contribution in [0.5, 0.6) is 0 Å². The molecule has 0 radical (unpaired) electrons. The molecule has 1 heteroatoms. The normalized spacial score (nSPS) is 23.2. The van der Waals surface area contributed by atoms with Crippen molar-refractivity contribution < 1.29 is 5.11 Å². The van der Waals surface area contributed by atoms with Crippen molar-refractivity contribution in [2.75, 3.05) is 6.61 Å². The summed E-state index contributed by atoms with van der Waals surface area (Å²) in [6, 6.07) is 0. The predicted molar refractivity (Wildman–Crippen MR) is 70.3 cm³/mol. The van der Waals surface area contributed by atoms with Gasteiger partial charge in [0.25, 0.3) is 0 Å². The van der Waals surface area contributed by atoms with Gasteiger partial charge >= 0.3 is 0 Å². The van der Waals surface area contributed by atoms with Gasteiger partial charge in [0.15, 0.2) is 0 Å². The van der Waals surface area contributed by atoms with Gasteiger partial charge in [-0.05, 0) is 52.4 Å². The molecule has 1 aliphatic rings. The quantitative estimate of drug-likeness (QED) is 0.710. The van der Waals surface area contributed by atoms with Crippen LogP contribution in [0.4, 0.5) is 0 Å². The van der Waals surface area contributed by atoms with Crippen LogP contribution >= 0.6 is 0 Å². The zero-order valence-electron chi connectivity index (χ0n) is 10.8. The van der Waals surface area contributed by atoms with Crippen LogP contribution in [0.1, 0.15) is 46.5 Å². The number of hydrogen-bond donors (Lipinski definition) is 1. The standard InChI is InChI=1S/C15H24O/c1-12-7-9-15(10-8-12)14(3)6-4-5-13(2)11-16/h5-7,15-16H,4,8-11H2,1-3H3. The minimum Gasteiger partial charge on any atom is -0.392 e. The van der Waals surface area contributed by atoms with Crippen LogP contribution in [0.25, 0.3) is 0 Å². The van der Waals surface area contributed by atoms with Crippen LogP contribution in [0, 0.1) is 5.92 Å². The second kappa shape index (κ2) is 6.70. The van der Waals surface area contributed by atoms with Gasteiger partial charge in [0.1, 0.15) is 0 Å². The number of hydrogen-bond acceptors (Lipinski definition) is 1. The number of rotatable bonds is 4. The maximum absolute atomic E-state index is 8.88. The third kappa shape index (κ3) is 4.36. The van der Waals surface area contributed by atoms with E-state index in [1.165, 1.54) is 24.8 Å². The highest BCUT2D eigenvalue weighted by molar-refractivity contribution is 5.14. The van der Waals surface area contributed by atoms with E-state index in [1.807, 2.05) is 6.92 Å². The first-order valence-corrected chi connectivity index (χ1v) is 6.22. The lowest BCUT2D eigenvalue weighted by Crippen LogP contribution is -2.06. The van der Waals surface area contributed by atoms with Gasteiger partial charge in [-0.2, -0.15) is 0 Å². The molecule has 0 bridgehead atoms. The molecule has 0 aromatic heterocycles. The molecule has 1 unspecified atom stereocenters. The van der Waals surface area contributed by atoms with Gasteiger partial charge in [-0.1, -0.05) is 34.9 Å². The minimum atomic E-state index is 0.179. The largest absolute Gasteiger partial charge is 0.392 e. The SMILES string of the molecule is CC(=CCC=C(C)C1CC=C(C)CC1)CO. The van der Waals surface area contributed by atoms with Crippen LogP contribution < -0.4 is 0 Å². The van der Waals surface area contributed by atoms with Gasteiger partial charge in [-0.25, -0.2) is 0 Å². The van der Waals surface area contributed by atoms with Crippen molar-refractivity contribution in [3.63, 3.8) is 0 Å². The molecule has 0 saturated heterocycles. The fraction of sp³-hybridized carbons (Fsp3) is 0.600. The summed E-state index contributed by atoms with van der Waals surface area (Å²) in [5.41, 5.74) is 4.11. The van der Waals surface area contributed by atoms with Crippen LogP contribution in [0.2, 0.25) is 0 Å². The second-order valence-corrected chi connectivity index (χ2v) is 4.91. The predicted octanol–water partition coefficient (Wildman–Crippen LogP) is 4.01. The molecule has 16 heavy (non-hydrogen) atoms. The summed E-state index contributed by atoms with van der Waals surface area (Å²) in [4.78, 5) is 0. The van der Waals surface area contributed by atoms with E-state index in [0.717, 1.165) is 17.9 Å². The highest BCUT2D eigenvalue weighted by Crippen LogP contribution is 2.28. The molecular formula is C15H24O. The average Bonchev–Trinajstić information content (AvgIpc) is 2.29. The minimum absolute atomic E-state index is 0.179. The fourth-order valence-electron chi connectivity index (χ4n) is 2.06. The third-order valence-electron chi connectivity index (χ3n) is 3.44. The summed E-state index contributed by atoms with van der Waals surface area (Å²) in [6.45, 7) is 6.61. The van der Waals surface area contributed by atoms with E-state index >= 15 is 0 Å². The average molecular weight is 220 g/mol. The van der Waals surface area contributed by atoms with Crippen molar-refractivity contribution in [3.05, 3.63) is 34.9 Å². The Kier molecular flexibility index (Phi) is 5.54. The Bertz CT molecular complexity index is 307. The molecule has 1 N–H and O–H groups in total. The zero-order valence-corrected chi connectivity index (χ0v) is 10.8. The van der Waals surface area contributed by atoms with E-state index < -0.39 is 0 Å². The fourth-order valence-corrected chi connectivity index (χ4v) is 2.06. The summed E-state index contributed by atoms with van der Waals surface area (Å²) >= 11 is 0. The summed E-state index contributed by atoms with van der Waals surface area (Å²) in [5.74, 6) is 0.742. The van der Waals surface area contributed by atoms with Gasteiger partial charge in [0, 0.05) is 0 Å². The molecule has 0 aromatic carbocycles. The van der Waals surface area contributed by atoms with Crippen molar-refractivity contribution in [1.82, 2.24) is 0 Å². The summed E-state index contributed by atoms with van der Waals surface area (Å²) < 4.78 is 0. The molecule has 0 aliphatic heterocycles. The lowest BCUT2D eigenvalue weighted by atomic mass is 9.85. The number of aliphatic hydroxyl groups excluding tert-OH is 1. The first-order chi connectivity index (χ1) is 7.63. The van der Waals surface area contributed by atoms with Crippen molar-refractivity contribution >= 4 is 0 Å². The molecular weight excluding hydrogens is 196 g/mol. The van der Waals surface area contributed by atoms with E-state index in [-0.39, 0.29) is 6.61 Å². The Morgan fingerprint density at radius 3 is 2.75 bits per heavy atom. The van der Waals surface area contributed by atoms with Crippen molar-refractivity contribution in [3.8, 4) is 0 Å². The molecule has 1 nitrogen and oxygen atoms in total. The first-order valence-electron chi connectivity index (χ1n) is 6.22. The highest BCUT2D eigenvalue weighted by atomic mass is 16.3. The van der Waals surface area contributed by atoms with E-state index in [4.69, 9.17) is 5.11 Å². The molecule has 0 aromatic rings. The van der Waals surface area contributed by atoms with Crippen LogP contribution in [0.3, 0.4) is 0 Å². The Morgan fingerprint density at radius 2 is 2.19 bits per heavy atom. The monoisotopic (exact) mass is 220 g/mol. The van der Waals surface area contributed by atoms with E-state index in [2.05, 4.69) is 32.1 Å². The van der Waals surface area contributed by atoms with Gasteiger partial charge in [-0.3, -0.25) is 0 Å². The van der Waals surface area contributed by atoms with Crippen LogP contribution in [0.15, 0.2) is 34.9 Å². The van der Waals surface area contributed by atoms with Gasteiger partial charge in [0.05, 0.1) is 6.61 Å². The molecule has 1 rings (SSSR count). The molecule has 1 aliphatic carbocycles. The Hall–Kier alpha value is -0.820. The maximum Gasteiger partial charge on any atom is 0.0639 e. The summed E-state index contributed by atoms with van der Waals surface area (Å²) in [6.07, 6.45) is 11.5. The molecule has 0 amide bonds. The molecule has 0 heterocycles. The van der Waals surface area contributed by atoms with E-state index in [1.54, 1.807) is 5.57 Å². The van der Waals surface area contributed by atoms with E-state index in [0.29, 0.717) is 0 Å².